The number of hydrogen-bond acceptors (Lipinski definition) is 5. The van der Waals surface area contributed by atoms with Crippen LogP contribution in [0.1, 0.15) is 73.5 Å². The van der Waals surface area contributed by atoms with E-state index in [1.165, 1.54) is 6.42 Å². The number of nitrogens with one attached hydrogen (secondary N) is 1. The van der Waals surface area contributed by atoms with E-state index in [1.54, 1.807) is 25.0 Å². The van der Waals surface area contributed by atoms with Gasteiger partial charge in [-0.15, -0.1) is 6.42 Å². The number of terminal acetylenes is 1. The Morgan fingerprint density at radius 2 is 1.64 bits per heavy atom. The first kappa shape index (κ1) is 27.9. The zero-order chi connectivity index (χ0) is 29.8. The number of ether oxygens (including phenoxy) is 2. The average molecular weight is 568 g/mol. The molecule has 42 heavy (non-hydrogen) atoms. The first-order valence-corrected chi connectivity index (χ1v) is 14.7. The number of carboxylic acid groups (broad SMARTS) is 1. The van der Waals surface area contributed by atoms with Gasteiger partial charge in [-0.1, -0.05) is 25.8 Å². The highest BCUT2D eigenvalue weighted by molar-refractivity contribution is 5.98. The summed E-state index contributed by atoms with van der Waals surface area (Å²) in [4.78, 5) is 27.0. The van der Waals surface area contributed by atoms with Crippen molar-refractivity contribution >= 4 is 11.9 Å². The van der Waals surface area contributed by atoms with Gasteiger partial charge in [0.05, 0.1) is 31.2 Å². The van der Waals surface area contributed by atoms with Gasteiger partial charge in [-0.3, -0.25) is 4.79 Å². The third-order valence-corrected chi connectivity index (χ3v) is 9.77. The topological polar surface area (TPSA) is 103 Å². The fraction of sp³-hybridized carbons (Fsp3) is 0.441. The highest BCUT2D eigenvalue weighted by atomic mass is 16.5. The normalized spacial score (nSPS) is 25.7. The van der Waals surface area contributed by atoms with Gasteiger partial charge >= 0.3 is 5.97 Å². The molecule has 4 saturated carbocycles. The minimum atomic E-state index is -1.28. The predicted molar refractivity (Wildman–Crippen MR) is 159 cm³/mol. The Hall–Kier alpha value is -4.25. The van der Waals surface area contributed by atoms with Crippen molar-refractivity contribution in [3.63, 3.8) is 0 Å². The van der Waals surface area contributed by atoms with Gasteiger partial charge in [-0.2, -0.15) is 5.10 Å². The first-order chi connectivity index (χ1) is 20.2. The van der Waals surface area contributed by atoms with Crippen molar-refractivity contribution in [1.29, 1.82) is 0 Å². The molecule has 2 aromatic carbocycles. The van der Waals surface area contributed by atoms with E-state index in [-0.39, 0.29) is 23.4 Å². The van der Waals surface area contributed by atoms with Crippen LogP contribution in [-0.4, -0.2) is 46.5 Å². The van der Waals surface area contributed by atoms with Crippen LogP contribution in [0.4, 0.5) is 0 Å². The smallest absolute Gasteiger partial charge is 0.330 e. The Balaban J connectivity index is 1.50. The number of carbonyl (C=O) groups is 2. The quantitative estimate of drug-likeness (QED) is 0.340. The van der Waals surface area contributed by atoms with Gasteiger partial charge < -0.3 is 19.9 Å². The van der Waals surface area contributed by atoms with Crippen LogP contribution >= 0.6 is 0 Å². The Morgan fingerprint density at radius 1 is 1.02 bits per heavy atom. The standard InChI is InChI=1S/C34H37N3O5/c1-6-20-10-11-27(25(17-20)19(2)3)37-28(31-29(41-4)8-7-9-30(31)42-5)18-26(36-37)32(38)35-34(33(39)40)23-13-21-12-22(15-23)16-24(34)14-21/h1,7-11,17-19,21-24H,12-16H2,2-5H3,(H,35,38)(H,39,40). The molecule has 4 aliphatic carbocycles. The predicted octanol–water partition coefficient (Wildman–Crippen LogP) is 5.67. The van der Waals surface area contributed by atoms with Crippen LogP contribution in [0.2, 0.25) is 0 Å². The number of amides is 1. The highest BCUT2D eigenvalue weighted by Crippen LogP contribution is 2.58. The van der Waals surface area contributed by atoms with Gasteiger partial charge in [0, 0.05) is 5.56 Å². The Morgan fingerprint density at radius 3 is 2.17 bits per heavy atom. The molecule has 4 bridgehead atoms. The summed E-state index contributed by atoms with van der Waals surface area (Å²) in [6, 6.07) is 12.9. The summed E-state index contributed by atoms with van der Waals surface area (Å²) < 4.78 is 13.2. The van der Waals surface area contributed by atoms with Crippen LogP contribution in [0.3, 0.4) is 0 Å². The molecule has 1 amide bonds. The minimum absolute atomic E-state index is 0.0741. The fourth-order valence-corrected chi connectivity index (χ4v) is 8.04. The molecule has 4 aliphatic rings. The molecule has 0 saturated heterocycles. The highest BCUT2D eigenvalue weighted by Gasteiger charge is 2.62. The number of rotatable bonds is 8. The van der Waals surface area contributed by atoms with Crippen LogP contribution in [0.15, 0.2) is 42.5 Å². The molecule has 4 fully saturated rings. The van der Waals surface area contributed by atoms with Gasteiger partial charge in [0.15, 0.2) is 5.69 Å². The number of benzene rings is 2. The number of aliphatic carboxylic acids is 1. The zero-order valence-corrected chi connectivity index (χ0v) is 24.5. The van der Waals surface area contributed by atoms with E-state index in [9.17, 15) is 14.7 Å². The van der Waals surface area contributed by atoms with Crippen LogP contribution in [0, 0.1) is 36.0 Å². The Bertz CT molecular complexity index is 1550. The number of methoxy groups -OCH3 is 2. The molecule has 0 radical (unpaired) electrons. The SMILES string of the molecule is C#Cc1ccc(-n2nc(C(=O)NC3(C(=O)O)C4CC5CC(C4)CC3C5)cc2-c2c(OC)cccc2OC)c(C(C)C)c1. The number of aromatic nitrogens is 2. The number of nitrogens with zero attached hydrogens (tertiary/aromatic N) is 2. The van der Waals surface area contributed by atoms with E-state index < -0.39 is 17.4 Å². The maximum Gasteiger partial charge on any atom is 0.330 e. The lowest BCUT2D eigenvalue weighted by molar-refractivity contribution is -0.163. The summed E-state index contributed by atoms with van der Waals surface area (Å²) in [6.07, 6.45) is 10.3. The van der Waals surface area contributed by atoms with Crippen LogP contribution < -0.4 is 14.8 Å². The maximum absolute atomic E-state index is 14.1. The van der Waals surface area contributed by atoms with E-state index in [4.69, 9.17) is 21.0 Å². The average Bonchev–Trinajstić information content (AvgIpc) is 3.42. The van der Waals surface area contributed by atoms with Gasteiger partial charge in [0.25, 0.3) is 5.91 Å². The Labute approximate surface area is 246 Å². The van der Waals surface area contributed by atoms with E-state index in [0.29, 0.717) is 34.6 Å². The largest absolute Gasteiger partial charge is 0.496 e. The molecule has 2 N–H and O–H groups in total. The van der Waals surface area contributed by atoms with Crippen molar-refractivity contribution < 1.29 is 24.2 Å². The first-order valence-electron chi connectivity index (χ1n) is 14.7. The molecule has 1 heterocycles. The van der Waals surface area contributed by atoms with Gasteiger partial charge in [0.1, 0.15) is 17.0 Å². The lowest BCUT2D eigenvalue weighted by Gasteiger charge is -2.59. The Kier molecular flexibility index (Phi) is 7.00. The molecule has 3 aromatic rings. The second-order valence-electron chi connectivity index (χ2n) is 12.4. The summed E-state index contributed by atoms with van der Waals surface area (Å²) in [5.41, 5.74) is 2.52. The molecule has 1 aromatic heterocycles. The van der Waals surface area contributed by atoms with E-state index >= 15 is 0 Å². The van der Waals surface area contributed by atoms with Crippen molar-refractivity contribution in [3.05, 3.63) is 59.3 Å². The van der Waals surface area contributed by atoms with Crippen LogP contribution in [0.5, 0.6) is 11.5 Å². The molecule has 7 rings (SSSR count). The van der Waals surface area contributed by atoms with E-state index in [0.717, 1.165) is 42.5 Å². The third kappa shape index (κ3) is 4.34. The van der Waals surface area contributed by atoms with Crippen molar-refractivity contribution in [2.45, 2.75) is 57.4 Å². The number of hydrogen-bond donors (Lipinski definition) is 2. The molecule has 8 heteroatoms. The van der Waals surface area contributed by atoms with Gasteiger partial charge in [-0.05, 0) is 104 Å². The molecular formula is C34H37N3O5. The molecule has 0 atom stereocenters. The van der Waals surface area contributed by atoms with Crippen LogP contribution in [-0.2, 0) is 4.79 Å². The molecular weight excluding hydrogens is 530 g/mol. The monoisotopic (exact) mass is 567 g/mol. The lowest BCUT2D eigenvalue weighted by atomic mass is 9.48. The third-order valence-electron chi connectivity index (χ3n) is 9.77. The number of carbonyl (C=O) groups excluding carboxylic acids is 1. The molecule has 0 unspecified atom stereocenters. The fourth-order valence-electron chi connectivity index (χ4n) is 8.04. The van der Waals surface area contributed by atoms with Crippen LogP contribution in [0.25, 0.3) is 16.9 Å². The van der Waals surface area contributed by atoms with Gasteiger partial charge in [-0.25, -0.2) is 9.48 Å². The molecule has 0 spiro atoms. The van der Waals surface area contributed by atoms with Gasteiger partial charge in [0.2, 0.25) is 0 Å². The molecule has 0 aliphatic heterocycles. The van der Waals surface area contributed by atoms with Crippen molar-refractivity contribution in [1.82, 2.24) is 15.1 Å². The summed E-state index contributed by atoms with van der Waals surface area (Å²) in [6.45, 7) is 4.14. The van der Waals surface area contributed by atoms with Crippen molar-refractivity contribution in [3.8, 4) is 40.8 Å². The summed E-state index contributed by atoms with van der Waals surface area (Å²) in [7, 11) is 3.16. The summed E-state index contributed by atoms with van der Waals surface area (Å²) in [5, 5.41) is 18.5. The molecule has 218 valence electrons. The second-order valence-corrected chi connectivity index (χ2v) is 12.4. The van der Waals surface area contributed by atoms with E-state index in [1.807, 2.05) is 36.4 Å². The zero-order valence-electron chi connectivity index (χ0n) is 24.5. The number of carboxylic acids is 1. The second kappa shape index (κ2) is 10.5. The van der Waals surface area contributed by atoms with Crippen molar-refractivity contribution in [2.24, 2.45) is 23.7 Å². The summed E-state index contributed by atoms with van der Waals surface area (Å²) >= 11 is 0. The van der Waals surface area contributed by atoms with Crippen molar-refractivity contribution in [2.75, 3.05) is 14.2 Å². The lowest BCUT2D eigenvalue weighted by Crippen LogP contribution is -2.70. The molecule has 8 nitrogen and oxygen atoms in total. The van der Waals surface area contributed by atoms with E-state index in [2.05, 4.69) is 25.1 Å². The minimum Gasteiger partial charge on any atom is -0.496 e. The summed E-state index contributed by atoms with van der Waals surface area (Å²) in [5.74, 6) is 3.44. The maximum atomic E-state index is 14.1.